The van der Waals surface area contributed by atoms with Crippen LogP contribution in [0.1, 0.15) is 61.4 Å². The summed E-state index contributed by atoms with van der Waals surface area (Å²) in [6, 6.07) is 8.67. The summed E-state index contributed by atoms with van der Waals surface area (Å²) in [6.45, 7) is 4.28. The van der Waals surface area contributed by atoms with Crippen LogP contribution in [-0.4, -0.2) is 56.7 Å². The van der Waals surface area contributed by atoms with E-state index in [4.69, 9.17) is 0 Å². The molecule has 1 saturated heterocycles. The van der Waals surface area contributed by atoms with Crippen LogP contribution in [0.25, 0.3) is 0 Å². The summed E-state index contributed by atoms with van der Waals surface area (Å²) in [7, 11) is 2.17. The number of nitrogens with one attached hydrogen (secondary N) is 1. The van der Waals surface area contributed by atoms with Crippen molar-refractivity contribution < 1.29 is 9.90 Å². The lowest BCUT2D eigenvalue weighted by atomic mass is 9.82. The highest BCUT2D eigenvalue weighted by Crippen LogP contribution is 2.31. The molecule has 7 heteroatoms. The van der Waals surface area contributed by atoms with Crippen LogP contribution in [0, 0.1) is 5.92 Å². The van der Waals surface area contributed by atoms with E-state index in [1.54, 1.807) is 0 Å². The van der Waals surface area contributed by atoms with Crippen molar-refractivity contribution in [1.29, 1.82) is 0 Å². The van der Waals surface area contributed by atoms with E-state index in [1.807, 2.05) is 6.92 Å². The number of hydrogen-bond acceptors (Lipinski definition) is 5. The van der Waals surface area contributed by atoms with E-state index < -0.39 is 11.9 Å². The molecule has 0 radical (unpaired) electrons. The fraction of sp³-hybridized carbons (Fsp3) is 0.600. The molecular weight excluding hydrogens is 342 g/mol. The fourth-order valence-corrected chi connectivity index (χ4v) is 4.07. The van der Waals surface area contributed by atoms with Gasteiger partial charge in [-0.1, -0.05) is 42.8 Å². The number of carbonyl (C=O) groups is 1. The van der Waals surface area contributed by atoms with Crippen molar-refractivity contribution in [2.75, 3.05) is 20.1 Å². The molecule has 1 aliphatic rings. The third kappa shape index (κ3) is 4.91. The zero-order chi connectivity index (χ0) is 19.2. The van der Waals surface area contributed by atoms with Crippen molar-refractivity contribution in [3.63, 3.8) is 0 Å². The SMILES string of the molecule is CCC[C@H](C(=O)O)[C@H](Cc1ccc(C2CCN(C)CC2)cc1)c1nn[nH]n1. The molecule has 7 nitrogen and oxygen atoms in total. The average Bonchev–Trinajstić information content (AvgIpc) is 3.20. The molecule has 146 valence electrons. The Balaban J connectivity index is 1.74. The lowest BCUT2D eigenvalue weighted by Crippen LogP contribution is -2.29. The first kappa shape index (κ1) is 19.5. The number of H-pyrrole nitrogens is 1. The summed E-state index contributed by atoms with van der Waals surface area (Å²) in [5.41, 5.74) is 2.50. The molecule has 27 heavy (non-hydrogen) atoms. The van der Waals surface area contributed by atoms with Gasteiger partial charge < -0.3 is 10.0 Å². The summed E-state index contributed by atoms with van der Waals surface area (Å²) in [4.78, 5) is 14.2. The lowest BCUT2D eigenvalue weighted by Gasteiger charge is -2.29. The Labute approximate surface area is 160 Å². The highest BCUT2D eigenvalue weighted by molar-refractivity contribution is 5.71. The molecule has 1 aliphatic heterocycles. The second kappa shape index (κ2) is 9.08. The minimum atomic E-state index is -0.797. The van der Waals surface area contributed by atoms with Gasteiger partial charge in [-0.2, -0.15) is 5.21 Å². The predicted octanol–water partition coefficient (Wildman–Crippen LogP) is 2.84. The van der Waals surface area contributed by atoms with Crippen LogP contribution in [0.3, 0.4) is 0 Å². The monoisotopic (exact) mass is 371 g/mol. The zero-order valence-electron chi connectivity index (χ0n) is 16.1. The number of tetrazole rings is 1. The van der Waals surface area contributed by atoms with Crippen LogP contribution in [0.4, 0.5) is 0 Å². The number of nitrogens with zero attached hydrogens (tertiary/aromatic N) is 4. The Morgan fingerprint density at radius 1 is 1.30 bits per heavy atom. The maximum Gasteiger partial charge on any atom is 0.307 e. The van der Waals surface area contributed by atoms with Gasteiger partial charge in [0.05, 0.1) is 5.92 Å². The third-order valence-electron chi connectivity index (χ3n) is 5.72. The van der Waals surface area contributed by atoms with Crippen LogP contribution in [0.15, 0.2) is 24.3 Å². The molecule has 2 atom stereocenters. The van der Waals surface area contributed by atoms with Gasteiger partial charge >= 0.3 is 5.97 Å². The molecule has 0 amide bonds. The molecule has 2 aromatic rings. The minimum absolute atomic E-state index is 0.282. The van der Waals surface area contributed by atoms with Gasteiger partial charge in [0.25, 0.3) is 0 Å². The van der Waals surface area contributed by atoms with E-state index in [9.17, 15) is 9.90 Å². The van der Waals surface area contributed by atoms with Gasteiger partial charge in [0.2, 0.25) is 0 Å². The van der Waals surface area contributed by atoms with Gasteiger partial charge in [-0.3, -0.25) is 4.79 Å². The van der Waals surface area contributed by atoms with E-state index >= 15 is 0 Å². The van der Waals surface area contributed by atoms with Gasteiger partial charge in [0.15, 0.2) is 5.82 Å². The number of carboxylic acids is 1. The smallest absolute Gasteiger partial charge is 0.307 e. The molecule has 0 spiro atoms. The Bertz CT molecular complexity index is 708. The van der Waals surface area contributed by atoms with E-state index in [0.717, 1.165) is 25.1 Å². The Morgan fingerprint density at radius 2 is 2.00 bits per heavy atom. The number of hydrogen-bond donors (Lipinski definition) is 2. The van der Waals surface area contributed by atoms with Gasteiger partial charge in [0, 0.05) is 5.92 Å². The topological polar surface area (TPSA) is 95.0 Å². The van der Waals surface area contributed by atoms with Crippen LogP contribution >= 0.6 is 0 Å². The molecule has 0 aliphatic carbocycles. The predicted molar refractivity (Wildman–Crippen MR) is 103 cm³/mol. The first-order valence-electron chi connectivity index (χ1n) is 9.82. The van der Waals surface area contributed by atoms with Crippen molar-refractivity contribution in [3.8, 4) is 0 Å². The van der Waals surface area contributed by atoms with E-state index in [1.165, 1.54) is 18.4 Å². The first-order valence-corrected chi connectivity index (χ1v) is 9.82. The quantitative estimate of drug-likeness (QED) is 0.741. The summed E-state index contributed by atoms with van der Waals surface area (Å²) >= 11 is 0. The van der Waals surface area contributed by atoms with E-state index in [0.29, 0.717) is 24.6 Å². The molecule has 2 N–H and O–H groups in total. The van der Waals surface area contributed by atoms with Crippen LogP contribution in [0.2, 0.25) is 0 Å². The number of rotatable bonds is 8. The Hall–Kier alpha value is -2.28. The van der Waals surface area contributed by atoms with Gasteiger partial charge in [-0.05, 0) is 62.9 Å². The lowest BCUT2D eigenvalue weighted by molar-refractivity contribution is -0.142. The van der Waals surface area contributed by atoms with E-state index in [-0.39, 0.29) is 5.92 Å². The van der Waals surface area contributed by atoms with Crippen molar-refractivity contribution in [2.24, 2.45) is 5.92 Å². The second-order valence-corrected chi connectivity index (χ2v) is 7.63. The molecule has 0 bridgehead atoms. The maximum absolute atomic E-state index is 11.8. The standard InChI is InChI=1S/C20H29N5O2/c1-3-4-17(20(26)27)18(19-21-23-24-22-19)13-14-5-7-15(8-6-14)16-9-11-25(2)12-10-16/h5-8,16-18H,3-4,9-13H2,1-2H3,(H,26,27)(H,21,22,23,24)/t17-,18-/m0/s1. The molecule has 1 aromatic heterocycles. The first-order chi connectivity index (χ1) is 13.1. The number of carboxylic acid groups (broad SMARTS) is 1. The third-order valence-corrected chi connectivity index (χ3v) is 5.72. The normalized spacial score (nSPS) is 18.3. The number of aromatic amines is 1. The summed E-state index contributed by atoms with van der Waals surface area (Å²) in [5, 5.41) is 24.0. The molecule has 2 heterocycles. The fourth-order valence-electron chi connectivity index (χ4n) is 4.07. The van der Waals surface area contributed by atoms with Crippen molar-refractivity contribution >= 4 is 5.97 Å². The largest absolute Gasteiger partial charge is 0.481 e. The van der Waals surface area contributed by atoms with Gasteiger partial charge in [0.1, 0.15) is 0 Å². The summed E-state index contributed by atoms with van der Waals surface area (Å²) in [6.07, 6.45) is 4.39. The van der Waals surface area contributed by atoms with Gasteiger partial charge in [-0.25, -0.2) is 0 Å². The van der Waals surface area contributed by atoms with Crippen molar-refractivity contribution in [3.05, 3.63) is 41.2 Å². The number of aromatic nitrogens is 4. The second-order valence-electron chi connectivity index (χ2n) is 7.63. The highest BCUT2D eigenvalue weighted by Gasteiger charge is 2.32. The zero-order valence-corrected chi connectivity index (χ0v) is 16.1. The average molecular weight is 371 g/mol. The molecule has 0 unspecified atom stereocenters. The Morgan fingerprint density at radius 3 is 2.56 bits per heavy atom. The molecule has 1 fully saturated rings. The number of likely N-dealkylation sites (tertiary alicyclic amines) is 1. The summed E-state index contributed by atoms with van der Waals surface area (Å²) in [5.74, 6) is -0.489. The van der Waals surface area contributed by atoms with Crippen molar-refractivity contribution in [2.45, 2.75) is 50.9 Å². The van der Waals surface area contributed by atoms with Gasteiger partial charge in [-0.15, -0.1) is 10.2 Å². The Kier molecular flexibility index (Phi) is 6.55. The molecular formula is C20H29N5O2. The maximum atomic E-state index is 11.8. The highest BCUT2D eigenvalue weighted by atomic mass is 16.4. The number of piperidine rings is 1. The van der Waals surface area contributed by atoms with Crippen LogP contribution < -0.4 is 0 Å². The number of aliphatic carboxylic acids is 1. The van der Waals surface area contributed by atoms with E-state index in [2.05, 4.69) is 56.8 Å². The molecule has 3 rings (SSSR count). The van der Waals surface area contributed by atoms with Crippen LogP contribution in [-0.2, 0) is 11.2 Å². The molecule has 1 aromatic carbocycles. The minimum Gasteiger partial charge on any atom is -0.481 e. The number of benzene rings is 1. The molecule has 0 saturated carbocycles. The van der Waals surface area contributed by atoms with Crippen molar-refractivity contribution in [1.82, 2.24) is 25.5 Å². The van der Waals surface area contributed by atoms with Crippen LogP contribution in [0.5, 0.6) is 0 Å². The summed E-state index contributed by atoms with van der Waals surface area (Å²) < 4.78 is 0.